The second kappa shape index (κ2) is 12.4. The van der Waals surface area contributed by atoms with Crippen molar-refractivity contribution in [2.45, 2.75) is 20.8 Å². The molecule has 3 aromatic rings. The van der Waals surface area contributed by atoms with Gasteiger partial charge in [-0.25, -0.2) is 0 Å². The van der Waals surface area contributed by atoms with Crippen molar-refractivity contribution in [3.05, 3.63) is 75.1 Å². The zero-order valence-electron chi connectivity index (χ0n) is 17.7. The van der Waals surface area contributed by atoms with E-state index in [1.807, 2.05) is 20.8 Å². The monoisotopic (exact) mass is 1070 g/mol. The van der Waals surface area contributed by atoms with Crippen LogP contribution in [-0.4, -0.2) is 0 Å². The number of hydrogen-bond acceptors (Lipinski definition) is 4. The fourth-order valence-electron chi connectivity index (χ4n) is 2.69. The van der Waals surface area contributed by atoms with E-state index >= 15 is 0 Å². The van der Waals surface area contributed by atoms with Crippen molar-refractivity contribution in [1.29, 1.82) is 0 Å². The van der Waals surface area contributed by atoms with Crippen molar-refractivity contribution in [2.24, 2.45) is 0 Å². The Morgan fingerprint density at radius 3 is 0.943 bits per heavy atom. The molecule has 0 saturated carbocycles. The van der Waals surface area contributed by atoms with Crippen molar-refractivity contribution >= 4 is 151 Å². The van der Waals surface area contributed by atoms with Gasteiger partial charge in [-0.05, 0) is 182 Å². The number of phosphoric ester groups is 1. The van der Waals surface area contributed by atoms with Gasteiger partial charge in [0.25, 0.3) is 0 Å². The summed E-state index contributed by atoms with van der Waals surface area (Å²) in [4.78, 5) is 0. The number of benzene rings is 3. The molecule has 0 bridgehead atoms. The zero-order chi connectivity index (χ0) is 26.4. The van der Waals surface area contributed by atoms with Crippen LogP contribution in [0.4, 0.5) is 0 Å². The van der Waals surface area contributed by atoms with Gasteiger partial charge in [-0.1, -0.05) is 0 Å². The molecule has 0 aromatic heterocycles. The lowest BCUT2D eigenvalue weighted by Gasteiger charge is -2.23. The summed E-state index contributed by atoms with van der Waals surface area (Å²) < 4.78 is 39.1. The normalized spacial score (nSPS) is 11.5. The minimum atomic E-state index is -4.30. The second-order valence-electron chi connectivity index (χ2n) is 7.05. The molecule has 0 atom stereocenters. The topological polar surface area (TPSA) is 44.8 Å². The molecule has 0 N–H and O–H groups in total. The largest absolute Gasteiger partial charge is 0.647 e. The van der Waals surface area contributed by atoms with Crippen LogP contribution in [0.15, 0.2) is 58.5 Å². The molecule has 0 aliphatic carbocycles. The summed E-state index contributed by atoms with van der Waals surface area (Å²) in [6.45, 7) is 5.49. The summed E-state index contributed by atoms with van der Waals surface area (Å²) in [5.74, 6) is 0.947. The SMILES string of the molecule is Cc1c(OP(=O)(Oc2cc(Br)c(Br)c(Br)c2C)Oc2cc(Br)c(Br)c(Br)c2C)cc(Br)c(Br)c1Br. The zero-order valence-corrected chi connectivity index (χ0v) is 32.9. The van der Waals surface area contributed by atoms with Gasteiger partial charge in [-0.2, -0.15) is 4.57 Å². The molecular formula is C21H12Br9O4P. The predicted molar refractivity (Wildman–Crippen MR) is 172 cm³/mol. The Balaban J connectivity index is 2.18. The van der Waals surface area contributed by atoms with Crippen molar-refractivity contribution in [2.75, 3.05) is 0 Å². The molecule has 3 aromatic carbocycles. The molecule has 0 unspecified atom stereocenters. The van der Waals surface area contributed by atoms with Gasteiger partial charge in [0.1, 0.15) is 17.2 Å². The molecule has 0 radical (unpaired) electrons. The highest BCUT2D eigenvalue weighted by molar-refractivity contribution is 9.15. The first-order chi connectivity index (χ1) is 16.2. The summed E-state index contributed by atoms with van der Waals surface area (Å²) in [5, 5.41) is 0. The first kappa shape index (κ1) is 31.1. The Labute approximate surface area is 278 Å². The van der Waals surface area contributed by atoms with Gasteiger partial charge in [0, 0.05) is 56.9 Å². The molecule has 3 rings (SSSR count). The molecular weight excluding hydrogens is 1070 g/mol. The summed E-state index contributed by atoms with van der Waals surface area (Å²) in [5.41, 5.74) is 2.12. The quantitative estimate of drug-likeness (QED) is 0.182. The van der Waals surface area contributed by atoms with Crippen LogP contribution in [0.5, 0.6) is 17.2 Å². The van der Waals surface area contributed by atoms with Gasteiger partial charge in [0.05, 0.1) is 0 Å². The molecule has 14 heteroatoms. The fourth-order valence-corrected chi connectivity index (χ4v) is 8.58. The van der Waals surface area contributed by atoms with Crippen LogP contribution in [0.2, 0.25) is 0 Å². The maximum absolute atomic E-state index is 14.3. The molecule has 0 spiro atoms. The number of halogens is 9. The highest BCUT2D eigenvalue weighted by Gasteiger charge is 2.36. The smallest absolute Gasteiger partial charge is 0.386 e. The van der Waals surface area contributed by atoms with E-state index in [2.05, 4.69) is 143 Å². The molecule has 0 fully saturated rings. The molecule has 0 aliphatic heterocycles. The third kappa shape index (κ3) is 6.85. The van der Waals surface area contributed by atoms with E-state index in [9.17, 15) is 4.57 Å². The lowest BCUT2D eigenvalue weighted by atomic mass is 10.2. The number of phosphoric acid groups is 1. The first-order valence-corrected chi connectivity index (χ1v) is 17.9. The van der Waals surface area contributed by atoms with Gasteiger partial charge in [-0.15, -0.1) is 0 Å². The van der Waals surface area contributed by atoms with Crippen molar-refractivity contribution in [3.63, 3.8) is 0 Å². The molecule has 35 heavy (non-hydrogen) atoms. The molecule has 4 nitrogen and oxygen atoms in total. The summed E-state index contributed by atoms with van der Waals surface area (Å²) >= 11 is 31.6. The average Bonchev–Trinajstić information content (AvgIpc) is 2.80. The van der Waals surface area contributed by atoms with E-state index in [4.69, 9.17) is 13.6 Å². The van der Waals surface area contributed by atoms with Crippen LogP contribution in [0.25, 0.3) is 0 Å². The van der Waals surface area contributed by atoms with E-state index < -0.39 is 7.82 Å². The van der Waals surface area contributed by atoms with E-state index in [0.717, 1.165) is 26.8 Å². The van der Waals surface area contributed by atoms with Crippen molar-refractivity contribution in [1.82, 2.24) is 0 Å². The third-order valence-electron chi connectivity index (χ3n) is 4.71. The lowest BCUT2D eigenvalue weighted by Crippen LogP contribution is -2.10. The molecule has 0 saturated heterocycles. The lowest BCUT2D eigenvalue weighted by molar-refractivity contribution is 0.296. The Kier molecular flexibility index (Phi) is 11.0. The number of rotatable bonds is 6. The van der Waals surface area contributed by atoms with Gasteiger partial charge < -0.3 is 13.6 Å². The predicted octanol–water partition coefficient (Wildman–Crippen LogP) is 13.1. The highest BCUT2D eigenvalue weighted by atomic mass is 79.9. The summed E-state index contributed by atoms with van der Waals surface area (Å²) in [6.07, 6.45) is 0. The van der Waals surface area contributed by atoms with Gasteiger partial charge >= 0.3 is 7.82 Å². The second-order valence-corrected chi connectivity index (χ2v) is 15.8. The maximum atomic E-state index is 14.3. The Morgan fingerprint density at radius 2 is 0.714 bits per heavy atom. The minimum absolute atomic E-state index is 0.316. The Morgan fingerprint density at radius 1 is 0.486 bits per heavy atom. The third-order valence-corrected chi connectivity index (χ3v) is 16.5. The van der Waals surface area contributed by atoms with Crippen LogP contribution >= 0.6 is 151 Å². The van der Waals surface area contributed by atoms with Gasteiger partial charge in [0.2, 0.25) is 0 Å². The summed E-state index contributed by atoms with van der Waals surface area (Å²) in [6, 6.07) is 5.10. The van der Waals surface area contributed by atoms with Crippen LogP contribution in [-0.2, 0) is 4.57 Å². The standard InChI is InChI=1S/C21H12Br9O4P/c1-7-13(4-10(22)19(28)16(7)25)32-35(31,33-14-5-11(23)20(29)17(26)8(14)2)34-15-6-12(24)21(30)18(27)9(15)3/h4-6H,1-3H3. The fraction of sp³-hybridized carbons (Fsp3) is 0.143. The van der Waals surface area contributed by atoms with E-state index in [0.29, 0.717) is 47.4 Å². The van der Waals surface area contributed by atoms with Crippen LogP contribution in [0.1, 0.15) is 16.7 Å². The van der Waals surface area contributed by atoms with Crippen molar-refractivity contribution < 1.29 is 18.1 Å². The van der Waals surface area contributed by atoms with Crippen LogP contribution in [0, 0.1) is 20.8 Å². The Bertz CT molecular complexity index is 1230. The van der Waals surface area contributed by atoms with Crippen LogP contribution < -0.4 is 13.6 Å². The van der Waals surface area contributed by atoms with E-state index in [-0.39, 0.29) is 0 Å². The molecule has 188 valence electrons. The maximum Gasteiger partial charge on any atom is 0.647 e. The molecule has 0 heterocycles. The minimum Gasteiger partial charge on any atom is -0.386 e. The van der Waals surface area contributed by atoms with E-state index in [1.165, 1.54) is 0 Å². The van der Waals surface area contributed by atoms with E-state index in [1.54, 1.807) is 18.2 Å². The van der Waals surface area contributed by atoms with Crippen LogP contribution in [0.3, 0.4) is 0 Å². The molecule has 0 amide bonds. The van der Waals surface area contributed by atoms with Gasteiger partial charge in [0.15, 0.2) is 0 Å². The number of hydrogen-bond donors (Lipinski definition) is 0. The van der Waals surface area contributed by atoms with Crippen molar-refractivity contribution in [3.8, 4) is 17.2 Å². The average molecular weight is 1080 g/mol. The Hall–Kier alpha value is 1.61. The van der Waals surface area contributed by atoms with Gasteiger partial charge in [-0.3, -0.25) is 0 Å². The highest BCUT2D eigenvalue weighted by Crippen LogP contribution is 2.55. The molecule has 0 aliphatic rings. The summed E-state index contributed by atoms with van der Waals surface area (Å²) in [7, 11) is -4.30. The first-order valence-electron chi connectivity index (χ1n) is 9.28.